The lowest BCUT2D eigenvalue weighted by atomic mass is 9.77. The van der Waals surface area contributed by atoms with Crippen molar-refractivity contribution in [3.05, 3.63) is 29.5 Å². The van der Waals surface area contributed by atoms with Crippen LogP contribution in [-0.2, 0) is 18.6 Å². The molecular weight excluding hydrogens is 356 g/mol. The van der Waals surface area contributed by atoms with E-state index in [9.17, 15) is 5.11 Å². The molecule has 0 radical (unpaired) electrons. The minimum absolute atomic E-state index is 0.169. The highest BCUT2D eigenvalue weighted by Crippen LogP contribution is 2.39. The van der Waals surface area contributed by atoms with Crippen LogP contribution in [0.3, 0.4) is 0 Å². The summed E-state index contributed by atoms with van der Waals surface area (Å²) in [5.74, 6) is 0. The van der Waals surface area contributed by atoms with E-state index < -0.39 is 36.6 Å². The number of rotatable bonds is 4. The summed E-state index contributed by atoms with van der Waals surface area (Å²) in [6.45, 7) is 15.9. The standard InChI is InChI=1S/C20H31B2NO5/c1-17(2)18(3,4)26-21(25-17)14-9-10-16(23-12-14)11-15(13-24)22-27-19(5,6)20(7,8)28-22/h9-12,24H,13H2,1-8H3. The van der Waals surface area contributed by atoms with E-state index in [0.717, 1.165) is 5.46 Å². The Kier molecular flexibility index (Phi) is 5.35. The van der Waals surface area contributed by atoms with Gasteiger partial charge >= 0.3 is 14.2 Å². The third-order valence-corrected chi connectivity index (χ3v) is 6.41. The van der Waals surface area contributed by atoms with Crippen LogP contribution in [0, 0.1) is 0 Å². The number of aliphatic hydroxyl groups is 1. The molecule has 2 aliphatic heterocycles. The molecule has 0 saturated carbocycles. The van der Waals surface area contributed by atoms with Gasteiger partial charge in [-0.15, -0.1) is 0 Å². The zero-order valence-electron chi connectivity index (χ0n) is 18.2. The first-order valence-electron chi connectivity index (χ1n) is 9.76. The summed E-state index contributed by atoms with van der Waals surface area (Å²) in [6, 6.07) is 3.81. The summed E-state index contributed by atoms with van der Waals surface area (Å²) in [6.07, 6.45) is 3.55. The fourth-order valence-corrected chi connectivity index (χ4v) is 2.99. The first-order valence-corrected chi connectivity index (χ1v) is 9.76. The van der Waals surface area contributed by atoms with Gasteiger partial charge in [-0.3, -0.25) is 4.98 Å². The average molecular weight is 387 g/mol. The first-order chi connectivity index (χ1) is 12.8. The third kappa shape index (κ3) is 3.81. The summed E-state index contributed by atoms with van der Waals surface area (Å²) < 4.78 is 24.2. The van der Waals surface area contributed by atoms with Crippen molar-refractivity contribution in [2.24, 2.45) is 0 Å². The van der Waals surface area contributed by atoms with Crippen LogP contribution in [0.25, 0.3) is 6.08 Å². The maximum absolute atomic E-state index is 9.83. The molecule has 0 spiro atoms. The second-order valence-electron chi connectivity index (χ2n) is 9.57. The van der Waals surface area contributed by atoms with E-state index in [4.69, 9.17) is 18.6 Å². The van der Waals surface area contributed by atoms with Crippen molar-refractivity contribution in [2.75, 3.05) is 6.61 Å². The normalized spacial score (nSPS) is 25.4. The summed E-state index contributed by atoms with van der Waals surface area (Å²) in [5.41, 5.74) is 0.499. The lowest BCUT2D eigenvalue weighted by Crippen LogP contribution is -2.41. The molecule has 0 unspecified atom stereocenters. The highest BCUT2D eigenvalue weighted by molar-refractivity contribution is 6.62. The number of aliphatic hydroxyl groups excluding tert-OH is 1. The van der Waals surface area contributed by atoms with Crippen LogP contribution < -0.4 is 5.46 Å². The summed E-state index contributed by atoms with van der Waals surface area (Å²) >= 11 is 0. The molecule has 1 aromatic heterocycles. The van der Waals surface area contributed by atoms with Gasteiger partial charge in [0.15, 0.2) is 0 Å². The van der Waals surface area contributed by atoms with Gasteiger partial charge in [-0.2, -0.15) is 0 Å². The molecule has 0 amide bonds. The maximum atomic E-state index is 9.83. The van der Waals surface area contributed by atoms with E-state index in [1.165, 1.54) is 0 Å². The van der Waals surface area contributed by atoms with E-state index in [2.05, 4.69) is 4.98 Å². The monoisotopic (exact) mass is 387 g/mol. The van der Waals surface area contributed by atoms with Crippen molar-refractivity contribution in [1.29, 1.82) is 0 Å². The molecule has 0 aromatic carbocycles. The van der Waals surface area contributed by atoms with Crippen molar-refractivity contribution in [3.8, 4) is 0 Å². The van der Waals surface area contributed by atoms with Crippen molar-refractivity contribution in [1.82, 2.24) is 4.98 Å². The number of pyridine rings is 1. The molecule has 0 atom stereocenters. The maximum Gasteiger partial charge on any atom is 0.496 e. The zero-order valence-corrected chi connectivity index (χ0v) is 18.2. The average Bonchev–Trinajstić information content (AvgIpc) is 2.92. The molecule has 2 fully saturated rings. The van der Waals surface area contributed by atoms with Gasteiger partial charge in [-0.1, -0.05) is 6.07 Å². The van der Waals surface area contributed by atoms with Gasteiger partial charge in [0.1, 0.15) is 0 Å². The Morgan fingerprint density at radius 2 is 1.39 bits per heavy atom. The van der Waals surface area contributed by atoms with Crippen molar-refractivity contribution >= 4 is 25.8 Å². The van der Waals surface area contributed by atoms with E-state index in [0.29, 0.717) is 11.2 Å². The highest BCUT2D eigenvalue weighted by atomic mass is 16.7. The fraction of sp³-hybridized carbons (Fsp3) is 0.650. The topological polar surface area (TPSA) is 70.0 Å². The van der Waals surface area contributed by atoms with Gasteiger partial charge in [-0.05, 0) is 73.0 Å². The number of hydrogen-bond donors (Lipinski definition) is 1. The van der Waals surface area contributed by atoms with Gasteiger partial charge in [0.25, 0.3) is 0 Å². The molecule has 2 aliphatic rings. The minimum atomic E-state index is -0.598. The Labute approximate surface area is 168 Å². The van der Waals surface area contributed by atoms with Crippen LogP contribution in [0.15, 0.2) is 23.8 Å². The first kappa shape index (κ1) is 21.5. The molecule has 2 saturated heterocycles. The molecule has 1 aromatic rings. The van der Waals surface area contributed by atoms with Gasteiger partial charge in [0, 0.05) is 11.7 Å². The molecule has 152 valence electrons. The Balaban J connectivity index is 1.76. The molecule has 28 heavy (non-hydrogen) atoms. The SMILES string of the molecule is CC1(C)OB(C(=Cc2ccc(B3OC(C)(C)C(C)(C)O3)cn2)CO)OC1(C)C. The second-order valence-corrected chi connectivity index (χ2v) is 9.57. The molecule has 3 rings (SSSR count). The molecule has 1 N–H and O–H groups in total. The van der Waals surface area contributed by atoms with E-state index in [1.54, 1.807) is 12.3 Å². The van der Waals surface area contributed by atoms with Crippen LogP contribution in [0.1, 0.15) is 61.1 Å². The Hall–Kier alpha value is -1.18. The second kappa shape index (κ2) is 6.96. The molecule has 0 aliphatic carbocycles. The predicted octanol–water partition coefficient (Wildman–Crippen LogP) is 2.39. The highest BCUT2D eigenvalue weighted by Gasteiger charge is 2.53. The lowest BCUT2D eigenvalue weighted by Gasteiger charge is -2.32. The zero-order chi connectivity index (χ0) is 21.0. The van der Waals surface area contributed by atoms with E-state index in [-0.39, 0.29) is 6.61 Å². The third-order valence-electron chi connectivity index (χ3n) is 6.41. The van der Waals surface area contributed by atoms with Gasteiger partial charge in [0.05, 0.1) is 34.7 Å². The predicted molar refractivity (Wildman–Crippen MR) is 111 cm³/mol. The van der Waals surface area contributed by atoms with Crippen molar-refractivity contribution in [2.45, 2.75) is 77.8 Å². The summed E-state index contributed by atoms with van der Waals surface area (Å²) in [4.78, 5) is 4.49. The van der Waals surface area contributed by atoms with Crippen LogP contribution in [0.4, 0.5) is 0 Å². The number of nitrogens with zero attached hydrogens (tertiary/aromatic N) is 1. The summed E-state index contributed by atoms with van der Waals surface area (Å²) in [7, 11) is -1.05. The van der Waals surface area contributed by atoms with Crippen LogP contribution in [-0.4, -0.2) is 53.3 Å². The quantitative estimate of drug-likeness (QED) is 0.801. The van der Waals surface area contributed by atoms with Gasteiger partial charge in [0.2, 0.25) is 0 Å². The smallest absolute Gasteiger partial charge is 0.400 e. The molecular formula is C20H31B2NO5. The fourth-order valence-electron chi connectivity index (χ4n) is 2.99. The van der Waals surface area contributed by atoms with Crippen LogP contribution in [0.2, 0.25) is 0 Å². The largest absolute Gasteiger partial charge is 0.496 e. The molecule has 3 heterocycles. The van der Waals surface area contributed by atoms with Crippen molar-refractivity contribution < 1.29 is 23.7 Å². The number of aromatic nitrogens is 1. The van der Waals surface area contributed by atoms with E-state index in [1.807, 2.05) is 67.5 Å². The Morgan fingerprint density at radius 1 is 0.893 bits per heavy atom. The molecule has 8 heteroatoms. The number of hydrogen-bond acceptors (Lipinski definition) is 6. The van der Waals surface area contributed by atoms with Crippen molar-refractivity contribution in [3.63, 3.8) is 0 Å². The molecule has 0 bridgehead atoms. The Bertz CT molecular complexity index is 726. The lowest BCUT2D eigenvalue weighted by molar-refractivity contribution is 0.00578. The molecule has 6 nitrogen and oxygen atoms in total. The van der Waals surface area contributed by atoms with Gasteiger partial charge < -0.3 is 23.7 Å². The van der Waals surface area contributed by atoms with Crippen LogP contribution >= 0.6 is 0 Å². The van der Waals surface area contributed by atoms with Gasteiger partial charge in [-0.25, -0.2) is 0 Å². The minimum Gasteiger partial charge on any atom is -0.400 e. The summed E-state index contributed by atoms with van der Waals surface area (Å²) in [5, 5.41) is 9.83. The van der Waals surface area contributed by atoms with Crippen LogP contribution in [0.5, 0.6) is 0 Å². The van der Waals surface area contributed by atoms with E-state index >= 15 is 0 Å². The Morgan fingerprint density at radius 3 is 1.82 bits per heavy atom.